The van der Waals surface area contributed by atoms with E-state index in [9.17, 15) is 9.18 Å². The highest BCUT2D eigenvalue weighted by Gasteiger charge is 2.10. The molecule has 0 saturated heterocycles. The molecule has 1 rings (SSSR count). The van der Waals surface area contributed by atoms with Crippen LogP contribution in [0.15, 0.2) is 35.5 Å². The number of amides is 1. The van der Waals surface area contributed by atoms with Gasteiger partial charge in [-0.1, -0.05) is 70.4 Å². The summed E-state index contributed by atoms with van der Waals surface area (Å²) in [5.74, 6) is 9.88. The first kappa shape index (κ1) is 27.6. The number of anilines is 1. The van der Waals surface area contributed by atoms with E-state index in [1.165, 1.54) is 69.9 Å². The van der Waals surface area contributed by atoms with Crippen molar-refractivity contribution in [2.45, 2.75) is 96.8 Å². The lowest BCUT2D eigenvalue weighted by molar-refractivity contribution is -0.116. The highest BCUT2D eigenvalue weighted by molar-refractivity contribution is 5.99. The third-order valence-corrected chi connectivity index (χ3v) is 5.45. The van der Waals surface area contributed by atoms with Gasteiger partial charge in [-0.15, -0.1) is 0 Å². The van der Waals surface area contributed by atoms with E-state index in [-0.39, 0.29) is 17.4 Å². The van der Waals surface area contributed by atoms with Crippen molar-refractivity contribution >= 4 is 17.4 Å². The normalized spacial score (nSPS) is 11.8. The van der Waals surface area contributed by atoms with Crippen LogP contribution in [0.4, 0.5) is 10.1 Å². The van der Waals surface area contributed by atoms with Gasteiger partial charge in [0.2, 0.25) is 5.91 Å². The van der Waals surface area contributed by atoms with Crippen molar-refractivity contribution in [2.24, 2.45) is 16.8 Å². The largest absolute Gasteiger partial charge is 0.324 e. The van der Waals surface area contributed by atoms with Gasteiger partial charge >= 0.3 is 0 Å². The molecule has 7 heteroatoms. The van der Waals surface area contributed by atoms with Gasteiger partial charge in [0.15, 0.2) is 5.84 Å². The van der Waals surface area contributed by atoms with Crippen LogP contribution in [-0.4, -0.2) is 11.7 Å². The van der Waals surface area contributed by atoms with Gasteiger partial charge in [-0.05, 0) is 50.3 Å². The molecule has 1 aromatic rings. The maximum Gasteiger partial charge on any atom is 0.224 e. The van der Waals surface area contributed by atoms with Gasteiger partial charge in [0, 0.05) is 12.0 Å². The average Bonchev–Trinajstić information content (AvgIpc) is 2.79. The Balaban J connectivity index is 2.07. The number of nitrogens with one attached hydrogen (secondary N) is 2. The molecule has 0 bridgehead atoms. The SMILES string of the molecule is CCCCCCCC/C=C\CCCCCCCC(=O)Nc1ccc(/C(=N/N)NN)cc1F. The maximum atomic E-state index is 14.2. The molecule has 0 spiro atoms. The Kier molecular flexibility index (Phi) is 15.7. The van der Waals surface area contributed by atoms with Gasteiger partial charge < -0.3 is 16.6 Å². The fraction of sp³-hybridized carbons (Fsp3) is 0.600. The lowest BCUT2D eigenvalue weighted by Crippen LogP contribution is -2.32. The number of halogens is 1. The second-order valence-electron chi connectivity index (χ2n) is 8.20. The Hall–Kier alpha value is -2.41. The number of hydrazine groups is 1. The summed E-state index contributed by atoms with van der Waals surface area (Å²) < 4.78 is 14.2. The van der Waals surface area contributed by atoms with Crippen LogP contribution in [0.25, 0.3) is 0 Å². The number of rotatable bonds is 17. The van der Waals surface area contributed by atoms with Gasteiger partial charge in [-0.2, -0.15) is 5.10 Å². The second-order valence-corrected chi connectivity index (χ2v) is 8.20. The molecule has 0 atom stereocenters. The van der Waals surface area contributed by atoms with Crippen LogP contribution in [0.2, 0.25) is 0 Å². The predicted molar refractivity (Wildman–Crippen MR) is 133 cm³/mol. The lowest BCUT2D eigenvalue weighted by atomic mass is 10.1. The van der Waals surface area contributed by atoms with Gasteiger partial charge in [-0.3, -0.25) is 4.79 Å². The van der Waals surface area contributed by atoms with Gasteiger partial charge in [-0.25, -0.2) is 10.2 Å². The maximum absolute atomic E-state index is 14.2. The van der Waals surface area contributed by atoms with Crippen LogP contribution in [0.1, 0.15) is 102 Å². The number of nitrogens with zero attached hydrogens (tertiary/aromatic N) is 1. The Labute approximate surface area is 193 Å². The van der Waals surface area contributed by atoms with Gasteiger partial charge in [0.25, 0.3) is 0 Å². The third-order valence-electron chi connectivity index (χ3n) is 5.45. The summed E-state index contributed by atoms with van der Waals surface area (Å²) in [6, 6.07) is 4.29. The number of allylic oxidation sites excluding steroid dienone is 2. The van der Waals surface area contributed by atoms with Crippen molar-refractivity contribution in [3.05, 3.63) is 41.7 Å². The molecule has 6 nitrogen and oxygen atoms in total. The number of hydrazone groups is 1. The van der Waals surface area contributed by atoms with Gasteiger partial charge in [0.1, 0.15) is 5.82 Å². The van der Waals surface area contributed by atoms with E-state index in [0.29, 0.717) is 12.0 Å². The summed E-state index contributed by atoms with van der Waals surface area (Å²) in [4.78, 5) is 12.1. The molecular weight excluding hydrogens is 405 g/mol. The zero-order valence-electron chi connectivity index (χ0n) is 19.7. The Morgan fingerprint density at radius 3 is 2.12 bits per heavy atom. The van der Waals surface area contributed by atoms with Crippen molar-refractivity contribution in [3.63, 3.8) is 0 Å². The van der Waals surface area contributed by atoms with Crippen LogP contribution < -0.4 is 22.4 Å². The smallest absolute Gasteiger partial charge is 0.224 e. The van der Waals surface area contributed by atoms with Crippen molar-refractivity contribution in [3.8, 4) is 0 Å². The zero-order valence-corrected chi connectivity index (χ0v) is 19.7. The van der Waals surface area contributed by atoms with Crippen molar-refractivity contribution in [1.29, 1.82) is 0 Å². The number of unbranched alkanes of at least 4 members (excludes halogenated alkanes) is 11. The molecule has 0 aliphatic heterocycles. The number of carbonyl (C=O) groups excluding carboxylic acids is 1. The van der Waals surface area contributed by atoms with E-state index in [2.05, 4.69) is 34.9 Å². The zero-order chi connectivity index (χ0) is 23.4. The summed E-state index contributed by atoms with van der Waals surface area (Å²) in [5, 5.41) is 6.05. The van der Waals surface area contributed by atoms with Crippen molar-refractivity contribution in [1.82, 2.24) is 5.43 Å². The summed E-state index contributed by atoms with van der Waals surface area (Å²) in [6.07, 6.45) is 20.8. The Bertz CT molecular complexity index is 706. The summed E-state index contributed by atoms with van der Waals surface area (Å²) in [7, 11) is 0. The standard InChI is InChI=1S/C25H42FN5O/c1-2-3-4-5-6-7-8-9-10-11-12-13-14-15-16-17-24(32)29-23-19-18-21(20-22(23)26)25(30-27)31-28/h9-10,18-20H,2-8,11-17,27-28H2,1H3,(H,29,32)(H,30,31)/b10-9-. The highest BCUT2D eigenvalue weighted by Crippen LogP contribution is 2.17. The molecule has 1 amide bonds. The first-order valence-corrected chi connectivity index (χ1v) is 12.1. The number of nitrogens with two attached hydrogens (primary N) is 2. The van der Waals surface area contributed by atoms with Crippen LogP contribution in [0.3, 0.4) is 0 Å². The molecule has 6 N–H and O–H groups in total. The number of benzene rings is 1. The quantitative estimate of drug-likeness (QED) is 0.0597. The van der Waals surface area contributed by atoms with E-state index in [1.54, 1.807) is 6.07 Å². The Morgan fingerprint density at radius 1 is 0.969 bits per heavy atom. The lowest BCUT2D eigenvalue weighted by Gasteiger charge is -2.09. The number of amidine groups is 1. The summed E-state index contributed by atoms with van der Waals surface area (Å²) in [6.45, 7) is 2.25. The molecule has 0 fully saturated rings. The summed E-state index contributed by atoms with van der Waals surface area (Å²) >= 11 is 0. The molecule has 0 heterocycles. The number of hydrogen-bond donors (Lipinski definition) is 4. The van der Waals surface area contributed by atoms with E-state index in [4.69, 9.17) is 11.7 Å². The first-order chi connectivity index (χ1) is 15.6. The first-order valence-electron chi connectivity index (χ1n) is 12.1. The fourth-order valence-corrected chi connectivity index (χ4v) is 3.53. The molecule has 0 aliphatic rings. The third kappa shape index (κ3) is 12.4. The molecule has 0 saturated carbocycles. The molecule has 0 aliphatic carbocycles. The van der Waals surface area contributed by atoms with Crippen molar-refractivity contribution in [2.75, 3.05) is 5.32 Å². The molecular formula is C25H42FN5O. The minimum atomic E-state index is -0.559. The topological polar surface area (TPSA) is 106 Å². The Morgan fingerprint density at radius 2 is 1.56 bits per heavy atom. The highest BCUT2D eigenvalue weighted by atomic mass is 19.1. The molecule has 180 valence electrons. The summed E-state index contributed by atoms with van der Waals surface area (Å²) in [5.41, 5.74) is 2.84. The van der Waals surface area contributed by atoms with Crippen LogP contribution in [0, 0.1) is 5.82 Å². The number of carbonyl (C=O) groups is 1. The minimum absolute atomic E-state index is 0.139. The molecule has 1 aromatic carbocycles. The van der Waals surface area contributed by atoms with Crippen LogP contribution >= 0.6 is 0 Å². The monoisotopic (exact) mass is 447 g/mol. The van der Waals surface area contributed by atoms with E-state index < -0.39 is 5.82 Å². The molecule has 32 heavy (non-hydrogen) atoms. The van der Waals surface area contributed by atoms with E-state index in [1.807, 2.05) is 0 Å². The van der Waals surface area contributed by atoms with E-state index >= 15 is 0 Å². The fourth-order valence-electron chi connectivity index (χ4n) is 3.53. The molecule has 0 radical (unpaired) electrons. The molecule has 0 unspecified atom stereocenters. The average molecular weight is 448 g/mol. The van der Waals surface area contributed by atoms with E-state index in [0.717, 1.165) is 25.7 Å². The number of hydrogen-bond acceptors (Lipinski definition) is 4. The van der Waals surface area contributed by atoms with Crippen LogP contribution in [0.5, 0.6) is 0 Å². The van der Waals surface area contributed by atoms with Crippen LogP contribution in [-0.2, 0) is 4.79 Å². The van der Waals surface area contributed by atoms with Gasteiger partial charge in [0.05, 0.1) is 5.69 Å². The van der Waals surface area contributed by atoms with Crippen molar-refractivity contribution < 1.29 is 9.18 Å². The second kappa shape index (κ2) is 18.2. The minimum Gasteiger partial charge on any atom is -0.324 e. The predicted octanol–water partition coefficient (Wildman–Crippen LogP) is 5.89. The molecule has 0 aromatic heterocycles.